The number of amides is 1. The molecule has 0 spiro atoms. The highest BCUT2D eigenvalue weighted by molar-refractivity contribution is 6.31. The van der Waals surface area contributed by atoms with Crippen LogP contribution in [0.25, 0.3) is 0 Å². The molecule has 0 fully saturated rings. The SMILES string of the molecule is CC(=O)c1c(C)[nH]c(C(=O)N(C)Cc2ccccc2Cl)c1C. The maximum atomic E-state index is 12.6. The van der Waals surface area contributed by atoms with E-state index in [-0.39, 0.29) is 11.7 Å². The van der Waals surface area contributed by atoms with E-state index in [0.29, 0.717) is 28.4 Å². The molecule has 0 aliphatic rings. The van der Waals surface area contributed by atoms with Crippen molar-refractivity contribution in [2.45, 2.75) is 27.3 Å². The number of aryl methyl sites for hydroxylation is 1. The van der Waals surface area contributed by atoms with Gasteiger partial charge in [-0.25, -0.2) is 0 Å². The largest absolute Gasteiger partial charge is 0.354 e. The van der Waals surface area contributed by atoms with Crippen LogP contribution in [0.5, 0.6) is 0 Å². The summed E-state index contributed by atoms with van der Waals surface area (Å²) in [5.41, 5.74) is 3.35. The van der Waals surface area contributed by atoms with Crippen LogP contribution in [0.3, 0.4) is 0 Å². The van der Waals surface area contributed by atoms with Gasteiger partial charge in [-0.05, 0) is 38.0 Å². The summed E-state index contributed by atoms with van der Waals surface area (Å²) in [5, 5.41) is 0.631. The molecule has 0 saturated carbocycles. The first-order valence-corrected chi connectivity index (χ1v) is 7.39. The van der Waals surface area contributed by atoms with Crippen LogP contribution >= 0.6 is 11.6 Å². The Kier molecular flexibility index (Phi) is 4.71. The zero-order valence-corrected chi connectivity index (χ0v) is 13.9. The number of aromatic amines is 1. The van der Waals surface area contributed by atoms with E-state index in [1.807, 2.05) is 18.2 Å². The fraction of sp³-hybridized carbons (Fsp3) is 0.294. The lowest BCUT2D eigenvalue weighted by molar-refractivity contribution is 0.0779. The molecule has 0 radical (unpaired) electrons. The number of H-pyrrole nitrogens is 1. The monoisotopic (exact) mass is 318 g/mol. The third-order valence-corrected chi connectivity index (χ3v) is 4.08. The molecule has 0 saturated heterocycles. The van der Waals surface area contributed by atoms with Crippen molar-refractivity contribution in [3.8, 4) is 0 Å². The number of Topliss-reactive ketones (excluding diaryl/α,β-unsaturated/α-hetero) is 1. The number of carbonyl (C=O) groups excluding carboxylic acids is 2. The summed E-state index contributed by atoms with van der Waals surface area (Å²) in [6, 6.07) is 7.43. The molecule has 1 aromatic heterocycles. The predicted molar refractivity (Wildman–Crippen MR) is 87.5 cm³/mol. The molecule has 116 valence electrons. The van der Waals surface area contributed by atoms with Crippen molar-refractivity contribution in [1.82, 2.24) is 9.88 Å². The van der Waals surface area contributed by atoms with E-state index in [0.717, 1.165) is 11.3 Å². The lowest BCUT2D eigenvalue weighted by Gasteiger charge is -2.18. The van der Waals surface area contributed by atoms with Gasteiger partial charge in [-0.1, -0.05) is 29.8 Å². The molecule has 5 heteroatoms. The minimum atomic E-state index is -0.159. The first-order valence-electron chi connectivity index (χ1n) is 7.02. The van der Waals surface area contributed by atoms with E-state index in [1.54, 1.807) is 31.9 Å². The van der Waals surface area contributed by atoms with Crippen molar-refractivity contribution in [3.05, 3.63) is 57.4 Å². The Bertz CT molecular complexity index is 734. The molecule has 0 bridgehead atoms. The molecule has 0 unspecified atom stereocenters. The van der Waals surface area contributed by atoms with Crippen molar-refractivity contribution < 1.29 is 9.59 Å². The highest BCUT2D eigenvalue weighted by atomic mass is 35.5. The number of nitrogens with zero attached hydrogens (tertiary/aromatic N) is 1. The van der Waals surface area contributed by atoms with E-state index in [9.17, 15) is 9.59 Å². The molecule has 1 amide bonds. The molecule has 2 aromatic rings. The number of benzene rings is 1. The Morgan fingerprint density at radius 1 is 1.23 bits per heavy atom. The van der Waals surface area contributed by atoms with Gasteiger partial charge in [0.1, 0.15) is 5.69 Å². The molecular formula is C17H19ClN2O2. The van der Waals surface area contributed by atoms with Crippen LogP contribution in [0.4, 0.5) is 0 Å². The first-order chi connectivity index (χ1) is 10.3. The third-order valence-electron chi connectivity index (χ3n) is 3.72. The number of hydrogen-bond acceptors (Lipinski definition) is 2. The van der Waals surface area contributed by atoms with Crippen LogP contribution in [0.15, 0.2) is 24.3 Å². The Morgan fingerprint density at radius 3 is 2.41 bits per heavy atom. The summed E-state index contributed by atoms with van der Waals surface area (Å²) in [7, 11) is 1.72. The number of carbonyl (C=O) groups is 2. The second kappa shape index (κ2) is 6.36. The van der Waals surface area contributed by atoms with E-state index in [1.165, 1.54) is 6.92 Å². The normalized spacial score (nSPS) is 10.6. The predicted octanol–water partition coefficient (Wildman–Crippen LogP) is 3.76. The number of ketones is 1. The van der Waals surface area contributed by atoms with Crippen molar-refractivity contribution >= 4 is 23.3 Å². The van der Waals surface area contributed by atoms with Crippen molar-refractivity contribution in [3.63, 3.8) is 0 Å². The van der Waals surface area contributed by atoms with Gasteiger partial charge in [0.25, 0.3) is 5.91 Å². The Labute approximate surface area is 135 Å². The second-order valence-electron chi connectivity index (χ2n) is 5.43. The lowest BCUT2D eigenvalue weighted by atomic mass is 10.1. The van der Waals surface area contributed by atoms with Gasteiger partial charge in [0, 0.05) is 29.9 Å². The summed E-state index contributed by atoms with van der Waals surface area (Å²) in [5.74, 6) is -0.202. The average molecular weight is 319 g/mol. The van der Waals surface area contributed by atoms with Gasteiger partial charge in [-0.3, -0.25) is 9.59 Å². The number of hydrogen-bond donors (Lipinski definition) is 1. The Balaban J connectivity index is 2.27. The molecule has 0 atom stereocenters. The molecular weight excluding hydrogens is 300 g/mol. The maximum Gasteiger partial charge on any atom is 0.270 e. The molecule has 0 aliphatic carbocycles. The van der Waals surface area contributed by atoms with Gasteiger partial charge in [0.15, 0.2) is 5.78 Å². The molecule has 22 heavy (non-hydrogen) atoms. The van der Waals surface area contributed by atoms with Crippen LogP contribution in [-0.2, 0) is 6.54 Å². The minimum Gasteiger partial charge on any atom is -0.354 e. The summed E-state index contributed by atoms with van der Waals surface area (Å²) in [4.78, 5) is 28.9. The quantitative estimate of drug-likeness (QED) is 0.873. The van der Waals surface area contributed by atoms with E-state index < -0.39 is 0 Å². The highest BCUT2D eigenvalue weighted by Gasteiger charge is 2.22. The zero-order valence-electron chi connectivity index (χ0n) is 13.2. The molecule has 1 N–H and O–H groups in total. The van der Waals surface area contributed by atoms with Gasteiger partial charge in [0.05, 0.1) is 0 Å². The van der Waals surface area contributed by atoms with Gasteiger partial charge >= 0.3 is 0 Å². The summed E-state index contributed by atoms with van der Waals surface area (Å²) in [6.45, 7) is 5.50. The molecule has 1 heterocycles. The zero-order chi connectivity index (χ0) is 16.4. The first kappa shape index (κ1) is 16.3. The van der Waals surface area contributed by atoms with Gasteiger partial charge in [0.2, 0.25) is 0 Å². The number of halogens is 1. The molecule has 2 rings (SSSR count). The van der Waals surface area contributed by atoms with Gasteiger partial charge in [-0.2, -0.15) is 0 Å². The third kappa shape index (κ3) is 3.07. The smallest absolute Gasteiger partial charge is 0.270 e. The topological polar surface area (TPSA) is 53.2 Å². The van der Waals surface area contributed by atoms with Crippen molar-refractivity contribution in [2.75, 3.05) is 7.05 Å². The van der Waals surface area contributed by atoms with Crippen LogP contribution in [0.1, 0.15) is 44.6 Å². The summed E-state index contributed by atoms with van der Waals surface area (Å²) >= 11 is 6.13. The number of aromatic nitrogens is 1. The second-order valence-corrected chi connectivity index (χ2v) is 5.84. The van der Waals surface area contributed by atoms with Crippen LogP contribution in [0.2, 0.25) is 5.02 Å². The van der Waals surface area contributed by atoms with Crippen molar-refractivity contribution in [2.24, 2.45) is 0 Å². The molecule has 1 aromatic carbocycles. The summed E-state index contributed by atoms with van der Waals surface area (Å²) < 4.78 is 0. The number of rotatable bonds is 4. The Morgan fingerprint density at radius 2 is 1.86 bits per heavy atom. The fourth-order valence-corrected chi connectivity index (χ4v) is 2.83. The standard InChI is InChI=1S/C17H19ClN2O2/c1-10-15(12(3)21)11(2)19-16(10)17(22)20(4)9-13-7-5-6-8-14(13)18/h5-8,19H,9H2,1-4H3. The van der Waals surface area contributed by atoms with Crippen LogP contribution < -0.4 is 0 Å². The molecule has 0 aliphatic heterocycles. The van der Waals surface area contributed by atoms with Gasteiger partial charge < -0.3 is 9.88 Å². The Hall–Kier alpha value is -2.07. The highest BCUT2D eigenvalue weighted by Crippen LogP contribution is 2.21. The lowest BCUT2D eigenvalue weighted by Crippen LogP contribution is -2.27. The average Bonchev–Trinajstić information content (AvgIpc) is 2.75. The number of nitrogens with one attached hydrogen (secondary N) is 1. The fourth-order valence-electron chi connectivity index (χ4n) is 2.64. The molecule has 4 nitrogen and oxygen atoms in total. The van der Waals surface area contributed by atoms with E-state index in [2.05, 4.69) is 4.98 Å². The van der Waals surface area contributed by atoms with Gasteiger partial charge in [-0.15, -0.1) is 0 Å². The van der Waals surface area contributed by atoms with Crippen LogP contribution in [-0.4, -0.2) is 28.6 Å². The van der Waals surface area contributed by atoms with Crippen molar-refractivity contribution in [1.29, 1.82) is 0 Å². The summed E-state index contributed by atoms with van der Waals surface area (Å²) in [6.07, 6.45) is 0. The van der Waals surface area contributed by atoms with E-state index >= 15 is 0 Å². The van der Waals surface area contributed by atoms with E-state index in [4.69, 9.17) is 11.6 Å². The minimum absolute atomic E-state index is 0.0425. The van der Waals surface area contributed by atoms with Crippen LogP contribution in [0, 0.1) is 13.8 Å². The maximum absolute atomic E-state index is 12.6.